The SMILES string of the molecule is C[C@H](NC(=O)CCCCC[C@H](N)C(=O)O)C(=O)O. The molecule has 7 nitrogen and oxygen atoms in total. The second-order valence-electron chi connectivity index (χ2n) is 4.17. The van der Waals surface area contributed by atoms with Crippen LogP contribution in [0.3, 0.4) is 0 Å². The molecule has 0 aliphatic heterocycles. The number of carboxylic acids is 2. The van der Waals surface area contributed by atoms with Gasteiger partial charge in [0.05, 0.1) is 0 Å². The van der Waals surface area contributed by atoms with Crippen molar-refractivity contribution in [1.29, 1.82) is 0 Å². The molecule has 0 aromatic rings. The fourth-order valence-corrected chi connectivity index (χ4v) is 1.33. The zero-order valence-electron chi connectivity index (χ0n) is 10.4. The molecule has 0 aliphatic carbocycles. The number of aliphatic carboxylic acids is 2. The van der Waals surface area contributed by atoms with Crippen molar-refractivity contribution in [2.24, 2.45) is 5.73 Å². The Labute approximate surface area is 105 Å². The lowest BCUT2D eigenvalue weighted by molar-refractivity contribution is -0.141. The molecule has 0 saturated carbocycles. The van der Waals surface area contributed by atoms with E-state index in [1.807, 2.05) is 0 Å². The Morgan fingerprint density at radius 1 is 1.11 bits per heavy atom. The Bertz CT molecular complexity index is 306. The number of amides is 1. The van der Waals surface area contributed by atoms with Gasteiger partial charge in [-0.05, 0) is 19.8 Å². The Morgan fingerprint density at radius 2 is 1.72 bits per heavy atom. The number of carbonyl (C=O) groups is 3. The van der Waals surface area contributed by atoms with E-state index in [4.69, 9.17) is 15.9 Å². The highest BCUT2D eigenvalue weighted by Gasteiger charge is 2.13. The molecule has 18 heavy (non-hydrogen) atoms. The van der Waals surface area contributed by atoms with Crippen molar-refractivity contribution in [3.8, 4) is 0 Å². The third kappa shape index (κ3) is 7.61. The Hall–Kier alpha value is -1.63. The first-order valence-electron chi connectivity index (χ1n) is 5.85. The summed E-state index contributed by atoms with van der Waals surface area (Å²) in [6.07, 6.45) is 2.53. The van der Waals surface area contributed by atoms with Gasteiger partial charge in [0.2, 0.25) is 5.91 Å². The third-order valence-electron chi connectivity index (χ3n) is 2.48. The summed E-state index contributed by atoms with van der Waals surface area (Å²) in [5, 5.41) is 19.4. The first-order valence-corrected chi connectivity index (χ1v) is 5.85. The van der Waals surface area contributed by atoms with Crippen LogP contribution in [0.25, 0.3) is 0 Å². The van der Waals surface area contributed by atoms with Gasteiger partial charge >= 0.3 is 11.9 Å². The lowest BCUT2D eigenvalue weighted by atomic mass is 10.1. The number of unbranched alkanes of at least 4 members (excludes halogenated alkanes) is 2. The van der Waals surface area contributed by atoms with Crippen LogP contribution < -0.4 is 11.1 Å². The zero-order chi connectivity index (χ0) is 14.1. The topological polar surface area (TPSA) is 130 Å². The average Bonchev–Trinajstić information content (AvgIpc) is 2.27. The van der Waals surface area contributed by atoms with Crippen molar-refractivity contribution in [1.82, 2.24) is 5.32 Å². The summed E-state index contributed by atoms with van der Waals surface area (Å²) in [6, 6.07) is -1.75. The largest absolute Gasteiger partial charge is 0.480 e. The van der Waals surface area contributed by atoms with Crippen molar-refractivity contribution in [3.63, 3.8) is 0 Å². The number of nitrogens with two attached hydrogens (primary N) is 1. The number of hydrogen-bond acceptors (Lipinski definition) is 4. The van der Waals surface area contributed by atoms with Crippen LogP contribution in [-0.4, -0.2) is 40.1 Å². The molecule has 1 amide bonds. The van der Waals surface area contributed by atoms with Crippen molar-refractivity contribution in [3.05, 3.63) is 0 Å². The number of carbonyl (C=O) groups excluding carboxylic acids is 1. The summed E-state index contributed by atoms with van der Waals surface area (Å²) in [5.74, 6) is -2.41. The summed E-state index contributed by atoms with van der Waals surface area (Å²) in [6.45, 7) is 1.39. The molecular formula is C11H20N2O5. The van der Waals surface area contributed by atoms with Crippen molar-refractivity contribution < 1.29 is 24.6 Å². The molecule has 0 radical (unpaired) electrons. The lowest BCUT2D eigenvalue weighted by Gasteiger charge is -2.09. The van der Waals surface area contributed by atoms with Crippen molar-refractivity contribution in [2.75, 3.05) is 0 Å². The lowest BCUT2D eigenvalue weighted by Crippen LogP contribution is -2.38. The average molecular weight is 260 g/mol. The predicted molar refractivity (Wildman–Crippen MR) is 63.9 cm³/mol. The summed E-state index contributed by atoms with van der Waals surface area (Å²) < 4.78 is 0. The van der Waals surface area contributed by atoms with E-state index in [9.17, 15) is 14.4 Å². The standard InChI is InChI=1S/C11H20N2O5/c1-7(10(15)16)13-9(14)6-4-2-3-5-8(12)11(17)18/h7-8H,2-6,12H2,1H3,(H,13,14)(H,15,16)(H,17,18)/t7-,8-/m0/s1. The van der Waals surface area contributed by atoms with Crippen molar-refractivity contribution in [2.45, 2.75) is 51.1 Å². The predicted octanol–water partition coefficient (Wildman–Crippen LogP) is -0.0619. The Kier molecular flexibility index (Phi) is 7.69. The molecule has 104 valence electrons. The fraction of sp³-hybridized carbons (Fsp3) is 0.727. The quantitative estimate of drug-likeness (QED) is 0.430. The molecule has 0 aromatic carbocycles. The number of nitrogens with one attached hydrogen (secondary N) is 1. The number of rotatable bonds is 9. The number of carboxylic acid groups (broad SMARTS) is 2. The summed E-state index contributed by atoms with van der Waals surface area (Å²) in [7, 11) is 0. The zero-order valence-corrected chi connectivity index (χ0v) is 10.4. The van der Waals surface area contributed by atoms with E-state index in [0.717, 1.165) is 0 Å². The summed E-state index contributed by atoms with van der Waals surface area (Å²) in [4.78, 5) is 32.1. The molecule has 0 aromatic heterocycles. The second kappa shape index (κ2) is 8.46. The van der Waals surface area contributed by atoms with Crippen LogP contribution in [0, 0.1) is 0 Å². The first-order chi connectivity index (χ1) is 8.34. The van der Waals surface area contributed by atoms with E-state index in [-0.39, 0.29) is 12.3 Å². The minimum Gasteiger partial charge on any atom is -0.480 e. The maximum absolute atomic E-state index is 11.3. The molecular weight excluding hydrogens is 240 g/mol. The van der Waals surface area contributed by atoms with Gasteiger partial charge in [0.15, 0.2) is 0 Å². The fourth-order valence-electron chi connectivity index (χ4n) is 1.33. The van der Waals surface area contributed by atoms with Crippen LogP contribution >= 0.6 is 0 Å². The minimum atomic E-state index is -1.07. The van der Waals surface area contributed by atoms with Gasteiger partial charge in [0.1, 0.15) is 12.1 Å². The highest BCUT2D eigenvalue weighted by molar-refractivity contribution is 5.83. The Morgan fingerprint density at radius 3 is 2.22 bits per heavy atom. The molecule has 0 heterocycles. The van der Waals surface area contributed by atoms with E-state index in [1.165, 1.54) is 6.92 Å². The van der Waals surface area contributed by atoms with E-state index in [0.29, 0.717) is 25.7 Å². The smallest absolute Gasteiger partial charge is 0.325 e. The molecule has 0 spiro atoms. The molecule has 7 heteroatoms. The van der Waals surface area contributed by atoms with Crippen LogP contribution in [-0.2, 0) is 14.4 Å². The van der Waals surface area contributed by atoms with E-state index >= 15 is 0 Å². The van der Waals surface area contributed by atoms with E-state index < -0.39 is 24.0 Å². The van der Waals surface area contributed by atoms with Gasteiger partial charge in [-0.3, -0.25) is 14.4 Å². The third-order valence-corrected chi connectivity index (χ3v) is 2.48. The summed E-state index contributed by atoms with van der Waals surface area (Å²) in [5.41, 5.74) is 5.31. The minimum absolute atomic E-state index is 0.236. The van der Waals surface area contributed by atoms with Gasteiger partial charge in [0.25, 0.3) is 0 Å². The molecule has 0 rings (SSSR count). The number of hydrogen-bond donors (Lipinski definition) is 4. The van der Waals surface area contributed by atoms with Gasteiger partial charge < -0.3 is 21.3 Å². The first kappa shape index (κ1) is 16.4. The van der Waals surface area contributed by atoms with Crippen LogP contribution in [0.1, 0.15) is 39.0 Å². The van der Waals surface area contributed by atoms with Crippen LogP contribution in [0.5, 0.6) is 0 Å². The van der Waals surface area contributed by atoms with Crippen LogP contribution in [0.4, 0.5) is 0 Å². The Balaban J connectivity index is 3.58. The highest BCUT2D eigenvalue weighted by Crippen LogP contribution is 2.05. The van der Waals surface area contributed by atoms with Gasteiger partial charge in [-0.25, -0.2) is 0 Å². The molecule has 0 unspecified atom stereocenters. The maximum Gasteiger partial charge on any atom is 0.325 e. The van der Waals surface area contributed by atoms with Crippen LogP contribution in [0.15, 0.2) is 0 Å². The van der Waals surface area contributed by atoms with Crippen LogP contribution in [0.2, 0.25) is 0 Å². The molecule has 0 fully saturated rings. The van der Waals surface area contributed by atoms with Crippen molar-refractivity contribution >= 4 is 17.8 Å². The molecule has 0 aliphatic rings. The van der Waals surface area contributed by atoms with E-state index in [1.54, 1.807) is 0 Å². The maximum atomic E-state index is 11.3. The normalized spacial score (nSPS) is 13.7. The molecule has 0 saturated heterocycles. The van der Waals surface area contributed by atoms with Gasteiger partial charge in [-0.15, -0.1) is 0 Å². The second-order valence-corrected chi connectivity index (χ2v) is 4.17. The molecule has 5 N–H and O–H groups in total. The summed E-state index contributed by atoms with van der Waals surface area (Å²) >= 11 is 0. The molecule has 2 atom stereocenters. The van der Waals surface area contributed by atoms with Gasteiger partial charge in [-0.2, -0.15) is 0 Å². The monoisotopic (exact) mass is 260 g/mol. The highest BCUT2D eigenvalue weighted by atomic mass is 16.4. The van der Waals surface area contributed by atoms with Gasteiger partial charge in [0, 0.05) is 6.42 Å². The van der Waals surface area contributed by atoms with E-state index in [2.05, 4.69) is 5.32 Å². The molecule has 0 bridgehead atoms. The van der Waals surface area contributed by atoms with Gasteiger partial charge in [-0.1, -0.05) is 12.8 Å².